The van der Waals surface area contributed by atoms with Crippen LogP contribution in [0.25, 0.3) is 0 Å². The van der Waals surface area contributed by atoms with Crippen LogP contribution in [0.5, 0.6) is 0 Å². The monoisotopic (exact) mass is 283 g/mol. The standard InChI is InChI=1S/C15H25NO4/c1-3-11-20-12-7-8-13(17)16(2)15(14(18)19)9-5-4-6-10-15/h3H,1,4-12H2,2H3,(H,18,19). The minimum Gasteiger partial charge on any atom is -0.479 e. The van der Waals surface area contributed by atoms with Gasteiger partial charge in [-0.3, -0.25) is 4.79 Å². The third-order valence-electron chi connectivity index (χ3n) is 4.01. The molecule has 20 heavy (non-hydrogen) atoms. The minimum absolute atomic E-state index is 0.114. The Morgan fingerprint density at radius 3 is 2.55 bits per heavy atom. The summed E-state index contributed by atoms with van der Waals surface area (Å²) < 4.78 is 5.23. The Balaban J connectivity index is 2.52. The summed E-state index contributed by atoms with van der Waals surface area (Å²) in [6.45, 7) is 4.51. The van der Waals surface area contributed by atoms with Gasteiger partial charge in [0.15, 0.2) is 0 Å². The van der Waals surface area contributed by atoms with Gasteiger partial charge in [0, 0.05) is 20.1 Å². The highest BCUT2D eigenvalue weighted by Gasteiger charge is 2.45. The summed E-state index contributed by atoms with van der Waals surface area (Å²) in [5.41, 5.74) is -1.00. The van der Waals surface area contributed by atoms with Crippen molar-refractivity contribution in [2.24, 2.45) is 0 Å². The highest BCUT2D eigenvalue weighted by molar-refractivity contribution is 5.87. The zero-order chi connectivity index (χ0) is 15.0. The lowest BCUT2D eigenvalue weighted by Crippen LogP contribution is -2.56. The normalized spacial score (nSPS) is 17.4. The lowest BCUT2D eigenvalue weighted by molar-refractivity contribution is -0.160. The topological polar surface area (TPSA) is 66.8 Å². The molecule has 1 aliphatic rings. The number of aliphatic carboxylic acids is 1. The number of likely N-dealkylation sites (N-methyl/N-ethyl adjacent to an activating group) is 1. The van der Waals surface area contributed by atoms with E-state index in [0.29, 0.717) is 38.9 Å². The molecule has 114 valence electrons. The number of carboxylic acid groups (broad SMARTS) is 1. The van der Waals surface area contributed by atoms with Crippen LogP contribution in [-0.4, -0.2) is 47.7 Å². The van der Waals surface area contributed by atoms with Gasteiger partial charge >= 0.3 is 5.97 Å². The number of amides is 1. The Hall–Kier alpha value is -1.36. The van der Waals surface area contributed by atoms with Gasteiger partial charge in [-0.15, -0.1) is 6.58 Å². The first kappa shape index (κ1) is 16.7. The second-order valence-electron chi connectivity index (χ2n) is 5.32. The van der Waals surface area contributed by atoms with Crippen molar-refractivity contribution in [2.45, 2.75) is 50.5 Å². The van der Waals surface area contributed by atoms with Gasteiger partial charge in [0.1, 0.15) is 5.54 Å². The number of nitrogens with zero attached hydrogens (tertiary/aromatic N) is 1. The number of carboxylic acids is 1. The molecule has 0 atom stereocenters. The Bertz CT molecular complexity index is 348. The van der Waals surface area contributed by atoms with E-state index in [9.17, 15) is 14.7 Å². The fourth-order valence-electron chi connectivity index (χ4n) is 2.73. The second kappa shape index (κ2) is 8.04. The highest BCUT2D eigenvalue weighted by atomic mass is 16.5. The molecule has 1 rings (SSSR count). The van der Waals surface area contributed by atoms with Crippen LogP contribution >= 0.6 is 0 Å². The number of carbonyl (C=O) groups is 2. The summed E-state index contributed by atoms with van der Waals surface area (Å²) in [7, 11) is 1.62. The number of ether oxygens (including phenoxy) is 1. The van der Waals surface area contributed by atoms with Crippen molar-refractivity contribution in [3.05, 3.63) is 12.7 Å². The Kier molecular flexibility index (Phi) is 6.71. The van der Waals surface area contributed by atoms with E-state index in [2.05, 4.69) is 6.58 Å². The smallest absolute Gasteiger partial charge is 0.329 e. The van der Waals surface area contributed by atoms with Gasteiger partial charge in [0.2, 0.25) is 5.91 Å². The number of rotatable bonds is 8. The summed E-state index contributed by atoms with van der Waals surface area (Å²) >= 11 is 0. The van der Waals surface area contributed by atoms with Crippen molar-refractivity contribution in [3.8, 4) is 0 Å². The van der Waals surface area contributed by atoms with Crippen LogP contribution in [0, 0.1) is 0 Å². The molecular formula is C15H25NO4. The van der Waals surface area contributed by atoms with E-state index >= 15 is 0 Å². The molecule has 0 unspecified atom stereocenters. The molecule has 1 saturated carbocycles. The van der Waals surface area contributed by atoms with Crippen LogP contribution in [-0.2, 0) is 14.3 Å². The molecule has 0 heterocycles. The Labute approximate surface area is 120 Å². The van der Waals surface area contributed by atoms with Crippen molar-refractivity contribution >= 4 is 11.9 Å². The lowest BCUT2D eigenvalue weighted by atomic mass is 9.80. The maximum absolute atomic E-state index is 12.2. The molecular weight excluding hydrogens is 258 g/mol. The molecule has 5 nitrogen and oxygen atoms in total. The fraction of sp³-hybridized carbons (Fsp3) is 0.733. The number of hydrogen-bond donors (Lipinski definition) is 1. The fourth-order valence-corrected chi connectivity index (χ4v) is 2.73. The van der Waals surface area contributed by atoms with Crippen molar-refractivity contribution in [2.75, 3.05) is 20.3 Å². The van der Waals surface area contributed by atoms with E-state index in [1.807, 2.05) is 0 Å². The molecule has 0 aromatic rings. The van der Waals surface area contributed by atoms with Crippen molar-refractivity contribution < 1.29 is 19.4 Å². The predicted octanol–water partition coefficient (Wildman–Crippen LogP) is 2.22. The lowest BCUT2D eigenvalue weighted by Gasteiger charge is -2.41. The molecule has 0 saturated heterocycles. The molecule has 5 heteroatoms. The van der Waals surface area contributed by atoms with Crippen LogP contribution in [0.4, 0.5) is 0 Å². The van der Waals surface area contributed by atoms with Crippen LogP contribution in [0.2, 0.25) is 0 Å². The first-order valence-corrected chi connectivity index (χ1v) is 7.23. The third-order valence-corrected chi connectivity index (χ3v) is 4.01. The molecule has 1 N–H and O–H groups in total. The van der Waals surface area contributed by atoms with Gasteiger partial charge in [0.25, 0.3) is 0 Å². The molecule has 0 bridgehead atoms. The molecule has 0 aliphatic heterocycles. The third kappa shape index (κ3) is 4.07. The van der Waals surface area contributed by atoms with Gasteiger partial charge < -0.3 is 14.7 Å². The summed E-state index contributed by atoms with van der Waals surface area (Å²) in [5, 5.41) is 9.52. The van der Waals surface area contributed by atoms with Crippen molar-refractivity contribution in [1.29, 1.82) is 0 Å². The van der Waals surface area contributed by atoms with Gasteiger partial charge in [-0.05, 0) is 19.3 Å². The van der Waals surface area contributed by atoms with Gasteiger partial charge in [-0.2, -0.15) is 0 Å². The maximum Gasteiger partial charge on any atom is 0.329 e. The quantitative estimate of drug-likeness (QED) is 0.548. The number of carbonyl (C=O) groups excluding carboxylic acids is 1. The summed E-state index contributed by atoms with van der Waals surface area (Å²) in [6, 6.07) is 0. The van der Waals surface area contributed by atoms with E-state index in [4.69, 9.17) is 4.74 Å². The molecule has 1 amide bonds. The van der Waals surface area contributed by atoms with Crippen LogP contribution in [0.3, 0.4) is 0 Å². The average Bonchev–Trinajstić information content (AvgIpc) is 2.46. The zero-order valence-electron chi connectivity index (χ0n) is 12.3. The highest BCUT2D eigenvalue weighted by Crippen LogP contribution is 2.33. The number of hydrogen-bond acceptors (Lipinski definition) is 3. The molecule has 0 spiro atoms. The maximum atomic E-state index is 12.2. The first-order chi connectivity index (χ1) is 9.54. The van der Waals surface area contributed by atoms with Gasteiger partial charge in [-0.1, -0.05) is 25.3 Å². The Morgan fingerprint density at radius 2 is 2.00 bits per heavy atom. The largest absolute Gasteiger partial charge is 0.479 e. The molecule has 0 aromatic heterocycles. The predicted molar refractivity (Wildman–Crippen MR) is 76.5 cm³/mol. The van der Waals surface area contributed by atoms with E-state index < -0.39 is 11.5 Å². The summed E-state index contributed by atoms with van der Waals surface area (Å²) in [4.78, 5) is 25.2. The van der Waals surface area contributed by atoms with E-state index in [1.54, 1.807) is 13.1 Å². The van der Waals surface area contributed by atoms with Crippen LogP contribution in [0.15, 0.2) is 12.7 Å². The molecule has 0 radical (unpaired) electrons. The molecule has 1 aliphatic carbocycles. The molecule has 0 aromatic carbocycles. The van der Waals surface area contributed by atoms with E-state index in [1.165, 1.54) is 4.90 Å². The van der Waals surface area contributed by atoms with Crippen LogP contribution in [0.1, 0.15) is 44.9 Å². The first-order valence-electron chi connectivity index (χ1n) is 7.23. The molecule has 1 fully saturated rings. The van der Waals surface area contributed by atoms with Gasteiger partial charge in [-0.25, -0.2) is 4.79 Å². The SMILES string of the molecule is C=CCOCCCC(=O)N(C)C1(C(=O)O)CCCCC1. The van der Waals surface area contributed by atoms with Crippen LogP contribution < -0.4 is 0 Å². The van der Waals surface area contributed by atoms with E-state index in [0.717, 1.165) is 19.3 Å². The minimum atomic E-state index is -1.00. The van der Waals surface area contributed by atoms with Crippen molar-refractivity contribution in [1.82, 2.24) is 4.90 Å². The van der Waals surface area contributed by atoms with Crippen molar-refractivity contribution in [3.63, 3.8) is 0 Å². The Morgan fingerprint density at radius 1 is 1.35 bits per heavy atom. The van der Waals surface area contributed by atoms with E-state index in [-0.39, 0.29) is 5.91 Å². The summed E-state index contributed by atoms with van der Waals surface area (Å²) in [6.07, 6.45) is 6.48. The zero-order valence-corrected chi connectivity index (χ0v) is 12.3. The summed E-state index contributed by atoms with van der Waals surface area (Å²) in [5.74, 6) is -0.993. The van der Waals surface area contributed by atoms with Gasteiger partial charge in [0.05, 0.1) is 6.61 Å². The second-order valence-corrected chi connectivity index (χ2v) is 5.32. The average molecular weight is 283 g/mol.